The number of carbonyl (C=O) groups is 1. The SMILES string of the molecule is COCC1(C(=O)N2CCCCC2)CCC1. The lowest BCUT2D eigenvalue weighted by atomic mass is 9.68. The molecule has 1 saturated carbocycles. The third-order valence-corrected chi connectivity index (χ3v) is 3.83. The molecule has 1 heterocycles. The Hall–Kier alpha value is -0.570. The largest absolute Gasteiger partial charge is 0.384 e. The van der Waals surface area contributed by atoms with Crippen molar-refractivity contribution in [3.8, 4) is 0 Å². The quantitative estimate of drug-likeness (QED) is 0.712. The minimum atomic E-state index is -0.147. The molecule has 1 saturated heterocycles. The standard InChI is InChI=1S/C12H21NO2/c1-15-10-12(6-5-7-12)11(14)13-8-3-2-4-9-13/h2-10H2,1H3. The smallest absolute Gasteiger partial charge is 0.231 e. The van der Waals surface area contributed by atoms with Crippen LogP contribution < -0.4 is 0 Å². The van der Waals surface area contributed by atoms with Gasteiger partial charge < -0.3 is 9.64 Å². The molecule has 3 nitrogen and oxygen atoms in total. The van der Waals surface area contributed by atoms with Crippen molar-refractivity contribution < 1.29 is 9.53 Å². The molecule has 0 unspecified atom stereocenters. The van der Waals surface area contributed by atoms with E-state index in [1.54, 1.807) is 7.11 Å². The highest BCUT2D eigenvalue weighted by atomic mass is 16.5. The number of rotatable bonds is 3. The molecule has 2 aliphatic rings. The van der Waals surface area contributed by atoms with Gasteiger partial charge >= 0.3 is 0 Å². The van der Waals surface area contributed by atoms with E-state index in [9.17, 15) is 4.79 Å². The van der Waals surface area contributed by atoms with Gasteiger partial charge in [-0.2, -0.15) is 0 Å². The van der Waals surface area contributed by atoms with Gasteiger partial charge in [-0.15, -0.1) is 0 Å². The number of hydrogen-bond acceptors (Lipinski definition) is 2. The fraction of sp³-hybridized carbons (Fsp3) is 0.917. The van der Waals surface area contributed by atoms with Gasteiger partial charge in [-0.05, 0) is 32.1 Å². The first-order valence-corrected chi connectivity index (χ1v) is 6.07. The summed E-state index contributed by atoms with van der Waals surface area (Å²) in [6.45, 7) is 2.54. The average molecular weight is 211 g/mol. The maximum absolute atomic E-state index is 12.3. The monoisotopic (exact) mass is 211 g/mol. The summed E-state index contributed by atoms with van der Waals surface area (Å²) in [5.74, 6) is 0.357. The lowest BCUT2D eigenvalue weighted by Crippen LogP contribution is -2.51. The van der Waals surface area contributed by atoms with Gasteiger partial charge in [0.05, 0.1) is 12.0 Å². The Balaban J connectivity index is 1.97. The zero-order valence-corrected chi connectivity index (χ0v) is 9.63. The molecule has 0 aromatic heterocycles. The Morgan fingerprint density at radius 3 is 2.33 bits per heavy atom. The Bertz CT molecular complexity index is 230. The molecule has 1 aliphatic carbocycles. The molecule has 1 aliphatic heterocycles. The molecule has 0 aromatic carbocycles. The normalized spacial score (nSPS) is 24.7. The molecular formula is C12H21NO2. The number of piperidine rings is 1. The Labute approximate surface area is 91.8 Å². The number of likely N-dealkylation sites (tertiary alicyclic amines) is 1. The van der Waals surface area contributed by atoms with Crippen molar-refractivity contribution in [3.63, 3.8) is 0 Å². The van der Waals surface area contributed by atoms with E-state index in [2.05, 4.69) is 4.90 Å². The van der Waals surface area contributed by atoms with Crippen LogP contribution in [0.5, 0.6) is 0 Å². The van der Waals surface area contributed by atoms with E-state index in [0.29, 0.717) is 12.5 Å². The first-order chi connectivity index (χ1) is 7.28. The van der Waals surface area contributed by atoms with Crippen molar-refractivity contribution in [2.24, 2.45) is 5.41 Å². The zero-order valence-electron chi connectivity index (χ0n) is 9.63. The second kappa shape index (κ2) is 4.52. The predicted molar refractivity (Wildman–Crippen MR) is 58.6 cm³/mol. The summed E-state index contributed by atoms with van der Waals surface area (Å²) >= 11 is 0. The molecule has 2 fully saturated rings. The topological polar surface area (TPSA) is 29.5 Å². The van der Waals surface area contributed by atoms with Crippen molar-refractivity contribution in [1.82, 2.24) is 4.90 Å². The van der Waals surface area contributed by atoms with Crippen LogP contribution in [0, 0.1) is 5.41 Å². The second-order valence-electron chi connectivity index (χ2n) is 4.92. The Morgan fingerprint density at radius 2 is 1.87 bits per heavy atom. The van der Waals surface area contributed by atoms with E-state index in [1.807, 2.05) is 0 Å². The fourth-order valence-electron chi connectivity index (χ4n) is 2.73. The van der Waals surface area contributed by atoms with E-state index in [-0.39, 0.29) is 5.41 Å². The summed E-state index contributed by atoms with van der Waals surface area (Å²) in [7, 11) is 1.70. The van der Waals surface area contributed by atoms with Crippen molar-refractivity contribution in [3.05, 3.63) is 0 Å². The summed E-state index contributed by atoms with van der Waals surface area (Å²) in [5, 5.41) is 0. The number of carbonyl (C=O) groups excluding carboxylic acids is 1. The van der Waals surface area contributed by atoms with Crippen LogP contribution in [-0.2, 0) is 9.53 Å². The van der Waals surface area contributed by atoms with Gasteiger partial charge in [-0.3, -0.25) is 4.79 Å². The molecule has 3 heteroatoms. The minimum absolute atomic E-state index is 0.147. The van der Waals surface area contributed by atoms with Crippen molar-refractivity contribution in [2.75, 3.05) is 26.8 Å². The molecule has 86 valence electrons. The van der Waals surface area contributed by atoms with Crippen LogP contribution in [0.1, 0.15) is 38.5 Å². The number of hydrogen-bond donors (Lipinski definition) is 0. The van der Waals surface area contributed by atoms with E-state index in [1.165, 1.54) is 25.7 Å². The van der Waals surface area contributed by atoms with Gasteiger partial charge in [-0.25, -0.2) is 0 Å². The average Bonchev–Trinajstić information content (AvgIpc) is 2.24. The van der Waals surface area contributed by atoms with Crippen molar-refractivity contribution in [1.29, 1.82) is 0 Å². The lowest BCUT2D eigenvalue weighted by molar-refractivity contribution is -0.153. The van der Waals surface area contributed by atoms with Gasteiger partial charge in [-0.1, -0.05) is 6.42 Å². The summed E-state index contributed by atoms with van der Waals surface area (Å²) in [6.07, 6.45) is 6.86. The van der Waals surface area contributed by atoms with Crippen LogP contribution >= 0.6 is 0 Å². The van der Waals surface area contributed by atoms with Gasteiger partial charge in [0.1, 0.15) is 0 Å². The molecule has 0 atom stereocenters. The number of nitrogens with zero attached hydrogens (tertiary/aromatic N) is 1. The zero-order chi connectivity index (χ0) is 10.7. The van der Waals surface area contributed by atoms with Crippen molar-refractivity contribution >= 4 is 5.91 Å². The second-order valence-corrected chi connectivity index (χ2v) is 4.92. The van der Waals surface area contributed by atoms with Gasteiger partial charge in [0.25, 0.3) is 0 Å². The molecular weight excluding hydrogens is 190 g/mol. The Morgan fingerprint density at radius 1 is 1.20 bits per heavy atom. The minimum Gasteiger partial charge on any atom is -0.384 e. The summed E-state index contributed by atoms with van der Waals surface area (Å²) in [6, 6.07) is 0. The Kier molecular flexibility index (Phi) is 3.29. The number of methoxy groups -OCH3 is 1. The van der Waals surface area contributed by atoms with Crippen LogP contribution in [0.25, 0.3) is 0 Å². The van der Waals surface area contributed by atoms with Crippen LogP contribution in [0.4, 0.5) is 0 Å². The molecule has 0 radical (unpaired) electrons. The van der Waals surface area contributed by atoms with Crippen LogP contribution in [0.2, 0.25) is 0 Å². The van der Waals surface area contributed by atoms with Gasteiger partial charge in [0, 0.05) is 20.2 Å². The molecule has 2 rings (SSSR count). The summed E-state index contributed by atoms with van der Waals surface area (Å²) in [4.78, 5) is 14.4. The molecule has 0 spiro atoms. The number of amides is 1. The molecule has 0 aromatic rings. The molecule has 0 bridgehead atoms. The van der Waals surface area contributed by atoms with Crippen LogP contribution in [0.3, 0.4) is 0 Å². The maximum Gasteiger partial charge on any atom is 0.231 e. The summed E-state index contributed by atoms with van der Waals surface area (Å²) < 4.78 is 5.21. The summed E-state index contributed by atoms with van der Waals surface area (Å²) in [5.41, 5.74) is -0.147. The highest BCUT2D eigenvalue weighted by Gasteiger charge is 2.46. The van der Waals surface area contributed by atoms with E-state index in [4.69, 9.17) is 4.74 Å². The number of ether oxygens (including phenoxy) is 1. The van der Waals surface area contributed by atoms with E-state index < -0.39 is 0 Å². The van der Waals surface area contributed by atoms with E-state index in [0.717, 1.165) is 25.9 Å². The van der Waals surface area contributed by atoms with Crippen LogP contribution in [-0.4, -0.2) is 37.6 Å². The highest BCUT2D eigenvalue weighted by molar-refractivity contribution is 5.83. The first-order valence-electron chi connectivity index (χ1n) is 6.07. The predicted octanol–water partition coefficient (Wildman–Crippen LogP) is 1.82. The van der Waals surface area contributed by atoms with Crippen LogP contribution in [0.15, 0.2) is 0 Å². The molecule has 15 heavy (non-hydrogen) atoms. The van der Waals surface area contributed by atoms with Crippen molar-refractivity contribution in [2.45, 2.75) is 38.5 Å². The maximum atomic E-state index is 12.3. The fourth-order valence-corrected chi connectivity index (χ4v) is 2.73. The molecule has 0 N–H and O–H groups in total. The molecule has 1 amide bonds. The van der Waals surface area contributed by atoms with Gasteiger partial charge in [0.15, 0.2) is 0 Å². The van der Waals surface area contributed by atoms with E-state index >= 15 is 0 Å². The van der Waals surface area contributed by atoms with Gasteiger partial charge in [0.2, 0.25) is 5.91 Å². The highest BCUT2D eigenvalue weighted by Crippen LogP contribution is 2.43. The first kappa shape index (κ1) is 10.9. The third-order valence-electron chi connectivity index (χ3n) is 3.83. The lowest BCUT2D eigenvalue weighted by Gasteiger charge is -2.44. The third kappa shape index (κ3) is 2.03.